The molecule has 0 saturated heterocycles. The first-order valence-electron chi connectivity index (χ1n) is 7.46. The van der Waals surface area contributed by atoms with Crippen LogP contribution in [-0.4, -0.2) is 47.6 Å². The molecule has 1 unspecified atom stereocenters. The van der Waals surface area contributed by atoms with Crippen molar-refractivity contribution in [3.8, 4) is 0 Å². The molecule has 0 radical (unpaired) electrons. The Balaban J connectivity index is 4.21. The Kier molecular flexibility index (Phi) is 7.85. The van der Waals surface area contributed by atoms with Gasteiger partial charge in [0.1, 0.15) is 11.2 Å². The highest BCUT2D eigenvalue weighted by atomic mass is 16.6. The summed E-state index contributed by atoms with van der Waals surface area (Å²) < 4.78 is 10.1. The van der Waals surface area contributed by atoms with Crippen LogP contribution < -0.4 is 10.6 Å². The van der Waals surface area contributed by atoms with Crippen LogP contribution in [0.3, 0.4) is 0 Å². The minimum absolute atomic E-state index is 0.0831. The van der Waals surface area contributed by atoms with Crippen LogP contribution in [0.15, 0.2) is 0 Å². The van der Waals surface area contributed by atoms with E-state index < -0.39 is 35.3 Å². The maximum atomic E-state index is 11.5. The van der Waals surface area contributed by atoms with Crippen molar-refractivity contribution in [2.45, 2.75) is 59.2 Å². The van der Waals surface area contributed by atoms with Crippen LogP contribution in [-0.2, 0) is 14.3 Å². The third-order valence-corrected chi connectivity index (χ3v) is 2.40. The summed E-state index contributed by atoms with van der Waals surface area (Å²) in [4.78, 5) is 34.1. The van der Waals surface area contributed by atoms with E-state index >= 15 is 0 Å². The number of carbonyl (C=O) groups excluding carboxylic acids is 2. The maximum Gasteiger partial charge on any atom is 0.407 e. The van der Waals surface area contributed by atoms with Gasteiger partial charge in [0.25, 0.3) is 0 Å². The molecule has 0 bridgehead atoms. The number of amides is 2. The first kappa shape index (κ1) is 21.0. The lowest BCUT2D eigenvalue weighted by molar-refractivity contribution is -0.141. The highest BCUT2D eigenvalue weighted by molar-refractivity contribution is 5.73. The summed E-state index contributed by atoms with van der Waals surface area (Å²) in [7, 11) is 0. The van der Waals surface area contributed by atoms with Gasteiger partial charge in [-0.05, 0) is 48.0 Å². The van der Waals surface area contributed by atoms with Crippen molar-refractivity contribution in [2.24, 2.45) is 5.92 Å². The molecule has 0 saturated carbocycles. The lowest BCUT2D eigenvalue weighted by Gasteiger charge is -2.21. The summed E-state index contributed by atoms with van der Waals surface area (Å²) in [5, 5.41) is 14.0. The first-order chi connectivity index (χ1) is 10.3. The smallest absolute Gasteiger partial charge is 0.407 e. The number of carboxylic acids is 1. The van der Waals surface area contributed by atoms with E-state index in [0.29, 0.717) is 0 Å². The van der Waals surface area contributed by atoms with Crippen molar-refractivity contribution in [2.75, 3.05) is 13.1 Å². The summed E-state index contributed by atoms with van der Waals surface area (Å²) in [5.41, 5.74) is -1.27. The van der Waals surface area contributed by atoms with Gasteiger partial charge in [-0.3, -0.25) is 4.79 Å². The number of alkyl carbamates (subject to hydrolysis) is 2. The van der Waals surface area contributed by atoms with Gasteiger partial charge in [0.15, 0.2) is 0 Å². The minimum Gasteiger partial charge on any atom is -0.481 e. The highest BCUT2D eigenvalue weighted by Gasteiger charge is 2.22. The van der Waals surface area contributed by atoms with Gasteiger partial charge in [-0.1, -0.05) is 0 Å². The molecule has 0 heterocycles. The molecule has 0 fully saturated rings. The third kappa shape index (κ3) is 12.3. The quantitative estimate of drug-likeness (QED) is 0.686. The molecule has 2 amide bonds. The van der Waals surface area contributed by atoms with Crippen LogP contribution in [0.1, 0.15) is 48.0 Å². The zero-order chi connectivity index (χ0) is 18.3. The van der Waals surface area contributed by atoms with Crippen molar-refractivity contribution in [1.29, 1.82) is 0 Å². The third-order valence-electron chi connectivity index (χ3n) is 2.40. The van der Waals surface area contributed by atoms with Crippen molar-refractivity contribution in [1.82, 2.24) is 10.6 Å². The highest BCUT2D eigenvalue weighted by Crippen LogP contribution is 2.08. The number of nitrogens with one attached hydrogen (secondary N) is 2. The molecule has 0 aliphatic rings. The fourth-order valence-electron chi connectivity index (χ4n) is 1.50. The van der Waals surface area contributed by atoms with Gasteiger partial charge in [-0.2, -0.15) is 0 Å². The average molecular weight is 332 g/mol. The number of hydrogen-bond donors (Lipinski definition) is 3. The summed E-state index contributed by atoms with van der Waals surface area (Å²) in [5.74, 6) is -1.90. The Morgan fingerprint density at radius 3 is 1.74 bits per heavy atom. The molecule has 0 aromatic rings. The number of aliphatic carboxylic acids is 1. The lowest BCUT2D eigenvalue weighted by atomic mass is 10.1. The standard InChI is InChI=1S/C15H28N2O6/c1-14(2,3)22-12(20)16-8-7-10(11(18)19)9-17-13(21)23-15(4,5)6/h10H,7-9H2,1-6H3,(H,16,20)(H,17,21)(H,18,19). The monoisotopic (exact) mass is 332 g/mol. The summed E-state index contributed by atoms with van der Waals surface area (Å²) in [6.45, 7) is 10.4. The summed E-state index contributed by atoms with van der Waals surface area (Å²) in [6.07, 6.45) is -1.13. The van der Waals surface area contributed by atoms with E-state index in [-0.39, 0.29) is 19.5 Å². The number of carboxylic acid groups (broad SMARTS) is 1. The van der Waals surface area contributed by atoms with Crippen LogP contribution in [0.4, 0.5) is 9.59 Å². The predicted octanol–water partition coefficient (Wildman–Crippen LogP) is 2.13. The largest absolute Gasteiger partial charge is 0.481 e. The Labute approximate surface area is 136 Å². The average Bonchev–Trinajstić information content (AvgIpc) is 2.28. The first-order valence-corrected chi connectivity index (χ1v) is 7.46. The van der Waals surface area contributed by atoms with Crippen LogP contribution in [0.5, 0.6) is 0 Å². The molecule has 8 nitrogen and oxygen atoms in total. The van der Waals surface area contributed by atoms with Gasteiger partial charge >= 0.3 is 18.2 Å². The van der Waals surface area contributed by atoms with Crippen molar-refractivity contribution < 1.29 is 29.0 Å². The van der Waals surface area contributed by atoms with E-state index in [1.54, 1.807) is 41.5 Å². The second-order valence-electron chi connectivity index (χ2n) is 7.14. The molecule has 0 spiro atoms. The Morgan fingerprint density at radius 1 is 0.913 bits per heavy atom. The number of rotatable bonds is 6. The molecule has 0 aromatic carbocycles. The topological polar surface area (TPSA) is 114 Å². The Bertz CT molecular complexity index is 423. The SMILES string of the molecule is CC(C)(C)OC(=O)NCCC(CNC(=O)OC(C)(C)C)C(=O)O. The van der Waals surface area contributed by atoms with Crippen LogP contribution in [0.2, 0.25) is 0 Å². The lowest BCUT2D eigenvalue weighted by Crippen LogP contribution is -2.39. The molecule has 1 atom stereocenters. The van der Waals surface area contributed by atoms with Crippen molar-refractivity contribution in [3.05, 3.63) is 0 Å². The van der Waals surface area contributed by atoms with E-state index in [1.165, 1.54) is 0 Å². The number of ether oxygens (including phenoxy) is 2. The fourth-order valence-corrected chi connectivity index (χ4v) is 1.50. The van der Waals surface area contributed by atoms with Gasteiger partial charge in [0.05, 0.1) is 5.92 Å². The van der Waals surface area contributed by atoms with E-state index in [0.717, 1.165) is 0 Å². The molecule has 0 aliphatic carbocycles. The van der Waals surface area contributed by atoms with E-state index in [9.17, 15) is 14.4 Å². The van der Waals surface area contributed by atoms with E-state index in [2.05, 4.69) is 10.6 Å². The van der Waals surface area contributed by atoms with Gasteiger partial charge < -0.3 is 25.2 Å². The molecule has 8 heteroatoms. The van der Waals surface area contributed by atoms with E-state index in [4.69, 9.17) is 14.6 Å². The van der Waals surface area contributed by atoms with Crippen LogP contribution in [0.25, 0.3) is 0 Å². The molecular formula is C15H28N2O6. The van der Waals surface area contributed by atoms with Gasteiger partial charge in [-0.25, -0.2) is 9.59 Å². The zero-order valence-corrected chi connectivity index (χ0v) is 14.7. The number of carbonyl (C=O) groups is 3. The van der Waals surface area contributed by atoms with Gasteiger partial charge in [0, 0.05) is 13.1 Å². The molecule has 0 rings (SSSR count). The maximum absolute atomic E-state index is 11.5. The van der Waals surface area contributed by atoms with E-state index in [1.807, 2.05) is 0 Å². The second kappa shape index (κ2) is 8.59. The molecule has 23 heavy (non-hydrogen) atoms. The molecule has 134 valence electrons. The van der Waals surface area contributed by atoms with Gasteiger partial charge in [-0.15, -0.1) is 0 Å². The summed E-state index contributed by atoms with van der Waals surface area (Å²) in [6, 6.07) is 0. The Hall–Kier alpha value is -1.99. The van der Waals surface area contributed by atoms with Crippen LogP contribution in [0, 0.1) is 5.92 Å². The molecule has 0 aliphatic heterocycles. The van der Waals surface area contributed by atoms with Crippen molar-refractivity contribution >= 4 is 18.2 Å². The number of hydrogen-bond acceptors (Lipinski definition) is 5. The molecular weight excluding hydrogens is 304 g/mol. The van der Waals surface area contributed by atoms with Gasteiger partial charge in [0.2, 0.25) is 0 Å². The summed E-state index contributed by atoms with van der Waals surface area (Å²) >= 11 is 0. The zero-order valence-electron chi connectivity index (χ0n) is 14.7. The second-order valence-corrected chi connectivity index (χ2v) is 7.14. The van der Waals surface area contributed by atoms with Crippen LogP contribution >= 0.6 is 0 Å². The molecule has 3 N–H and O–H groups in total. The predicted molar refractivity (Wildman–Crippen MR) is 84.2 cm³/mol. The Morgan fingerprint density at radius 2 is 1.35 bits per heavy atom. The van der Waals surface area contributed by atoms with Crippen molar-refractivity contribution in [3.63, 3.8) is 0 Å². The molecule has 0 aromatic heterocycles. The minimum atomic E-state index is -1.06. The fraction of sp³-hybridized carbons (Fsp3) is 0.800. The normalized spacial score (nSPS) is 13.0.